The highest BCUT2D eigenvalue weighted by molar-refractivity contribution is 5.07. The van der Waals surface area contributed by atoms with Gasteiger partial charge >= 0.3 is 0 Å². The average molecular weight is 236 g/mol. The molecule has 17 heavy (non-hydrogen) atoms. The molecule has 0 aliphatic carbocycles. The standard InChI is InChI=1S/C14H24N2O/c1-4-8-15-13(3)6-5-9-16-10-7-12(2)11-14(16)17/h7,10-11,13,15H,4-6,8-9H2,1-3H3. The molecule has 1 unspecified atom stereocenters. The molecule has 1 rings (SSSR count). The van der Waals surface area contributed by atoms with Gasteiger partial charge in [0.25, 0.3) is 5.56 Å². The van der Waals surface area contributed by atoms with Gasteiger partial charge in [0.1, 0.15) is 0 Å². The minimum absolute atomic E-state index is 0.110. The van der Waals surface area contributed by atoms with Gasteiger partial charge in [-0.3, -0.25) is 4.79 Å². The van der Waals surface area contributed by atoms with Crippen LogP contribution in [-0.2, 0) is 6.54 Å². The van der Waals surface area contributed by atoms with Crippen LogP contribution >= 0.6 is 0 Å². The summed E-state index contributed by atoms with van der Waals surface area (Å²) in [5, 5.41) is 3.45. The van der Waals surface area contributed by atoms with E-state index < -0.39 is 0 Å². The van der Waals surface area contributed by atoms with E-state index in [9.17, 15) is 4.79 Å². The fraction of sp³-hybridized carbons (Fsp3) is 0.643. The Labute approximate surface area is 104 Å². The van der Waals surface area contributed by atoms with Gasteiger partial charge in [0.05, 0.1) is 0 Å². The molecule has 0 saturated heterocycles. The first kappa shape index (κ1) is 14.0. The normalized spacial score (nSPS) is 12.6. The fourth-order valence-electron chi connectivity index (χ4n) is 1.85. The summed E-state index contributed by atoms with van der Waals surface area (Å²) < 4.78 is 1.79. The lowest BCUT2D eigenvalue weighted by atomic mass is 10.2. The lowest BCUT2D eigenvalue weighted by Gasteiger charge is -2.13. The SMILES string of the molecule is CCCNC(C)CCCn1ccc(C)cc1=O. The fourth-order valence-corrected chi connectivity index (χ4v) is 1.85. The molecule has 0 radical (unpaired) electrons. The zero-order valence-corrected chi connectivity index (χ0v) is 11.2. The van der Waals surface area contributed by atoms with Crippen molar-refractivity contribution in [2.24, 2.45) is 0 Å². The second-order valence-corrected chi connectivity index (χ2v) is 4.73. The van der Waals surface area contributed by atoms with Crippen molar-refractivity contribution in [3.8, 4) is 0 Å². The summed E-state index contributed by atoms with van der Waals surface area (Å²) in [6.07, 6.45) is 5.21. The lowest BCUT2D eigenvalue weighted by molar-refractivity contribution is 0.472. The number of hydrogen-bond acceptors (Lipinski definition) is 2. The minimum Gasteiger partial charge on any atom is -0.316 e. The summed E-state index contributed by atoms with van der Waals surface area (Å²) in [5.74, 6) is 0. The maximum absolute atomic E-state index is 11.6. The van der Waals surface area contributed by atoms with Gasteiger partial charge in [0.2, 0.25) is 0 Å². The first-order chi connectivity index (χ1) is 8.13. The highest BCUT2D eigenvalue weighted by Gasteiger charge is 2.01. The Kier molecular flexibility index (Phi) is 5.98. The highest BCUT2D eigenvalue weighted by Crippen LogP contribution is 1.99. The van der Waals surface area contributed by atoms with Crippen molar-refractivity contribution in [2.45, 2.75) is 52.6 Å². The van der Waals surface area contributed by atoms with Crippen LogP contribution in [0.25, 0.3) is 0 Å². The number of nitrogens with one attached hydrogen (secondary N) is 1. The third-order valence-corrected chi connectivity index (χ3v) is 2.93. The molecule has 0 saturated carbocycles. The second-order valence-electron chi connectivity index (χ2n) is 4.73. The number of nitrogens with zero attached hydrogens (tertiary/aromatic N) is 1. The lowest BCUT2D eigenvalue weighted by Crippen LogP contribution is -2.27. The molecule has 3 heteroatoms. The molecule has 3 nitrogen and oxygen atoms in total. The van der Waals surface area contributed by atoms with Crippen molar-refractivity contribution < 1.29 is 0 Å². The molecule has 0 amide bonds. The third kappa shape index (κ3) is 5.18. The van der Waals surface area contributed by atoms with Crippen molar-refractivity contribution in [3.05, 3.63) is 34.2 Å². The predicted octanol–water partition coefficient (Wildman–Crippen LogP) is 2.33. The molecular formula is C14H24N2O. The molecule has 0 aliphatic heterocycles. The van der Waals surface area contributed by atoms with E-state index >= 15 is 0 Å². The Morgan fingerprint density at radius 2 is 2.24 bits per heavy atom. The number of rotatable bonds is 7. The highest BCUT2D eigenvalue weighted by atomic mass is 16.1. The molecule has 1 atom stereocenters. The van der Waals surface area contributed by atoms with Crippen LogP contribution in [0.2, 0.25) is 0 Å². The van der Waals surface area contributed by atoms with E-state index in [0.29, 0.717) is 6.04 Å². The van der Waals surface area contributed by atoms with Crippen LogP contribution in [-0.4, -0.2) is 17.2 Å². The van der Waals surface area contributed by atoms with E-state index in [-0.39, 0.29) is 5.56 Å². The topological polar surface area (TPSA) is 34.0 Å². The molecule has 96 valence electrons. The minimum atomic E-state index is 0.110. The summed E-state index contributed by atoms with van der Waals surface area (Å²) in [6, 6.07) is 4.22. The van der Waals surface area contributed by atoms with Crippen LogP contribution in [0.1, 0.15) is 38.7 Å². The van der Waals surface area contributed by atoms with Gasteiger partial charge in [0.15, 0.2) is 0 Å². The maximum Gasteiger partial charge on any atom is 0.250 e. The number of pyridine rings is 1. The van der Waals surface area contributed by atoms with Crippen LogP contribution in [0.4, 0.5) is 0 Å². The molecule has 1 aromatic rings. The summed E-state index contributed by atoms with van der Waals surface area (Å²) in [7, 11) is 0. The quantitative estimate of drug-likeness (QED) is 0.788. The van der Waals surface area contributed by atoms with Crippen molar-refractivity contribution in [2.75, 3.05) is 6.54 Å². The molecule has 0 spiro atoms. The summed E-state index contributed by atoms with van der Waals surface area (Å²) in [5.41, 5.74) is 1.14. The number of aryl methyl sites for hydroxylation is 2. The van der Waals surface area contributed by atoms with Crippen LogP contribution in [0.3, 0.4) is 0 Å². The third-order valence-electron chi connectivity index (χ3n) is 2.93. The molecule has 0 aliphatic rings. The van der Waals surface area contributed by atoms with E-state index in [1.807, 2.05) is 19.2 Å². The van der Waals surface area contributed by atoms with Crippen LogP contribution in [0.15, 0.2) is 23.1 Å². The monoisotopic (exact) mass is 236 g/mol. The van der Waals surface area contributed by atoms with Gasteiger partial charge < -0.3 is 9.88 Å². The maximum atomic E-state index is 11.6. The summed E-state index contributed by atoms with van der Waals surface area (Å²) in [6.45, 7) is 8.21. The molecule has 0 fully saturated rings. The first-order valence-electron chi connectivity index (χ1n) is 6.54. The largest absolute Gasteiger partial charge is 0.316 e. The van der Waals surface area contributed by atoms with Gasteiger partial charge in [-0.2, -0.15) is 0 Å². The average Bonchev–Trinajstić information content (AvgIpc) is 2.29. The van der Waals surface area contributed by atoms with Gasteiger partial charge in [-0.15, -0.1) is 0 Å². The van der Waals surface area contributed by atoms with Crippen molar-refractivity contribution in [1.29, 1.82) is 0 Å². The van der Waals surface area contributed by atoms with Gasteiger partial charge in [-0.25, -0.2) is 0 Å². The van der Waals surface area contributed by atoms with Crippen molar-refractivity contribution in [1.82, 2.24) is 9.88 Å². The zero-order chi connectivity index (χ0) is 12.7. The van der Waals surface area contributed by atoms with E-state index in [2.05, 4.69) is 19.2 Å². The predicted molar refractivity (Wildman–Crippen MR) is 72.4 cm³/mol. The smallest absolute Gasteiger partial charge is 0.250 e. The Morgan fingerprint density at radius 1 is 1.47 bits per heavy atom. The van der Waals surface area contributed by atoms with E-state index in [1.54, 1.807) is 10.6 Å². The molecule has 0 bridgehead atoms. The van der Waals surface area contributed by atoms with Gasteiger partial charge in [-0.1, -0.05) is 6.92 Å². The Hall–Kier alpha value is -1.09. The molecule has 1 heterocycles. The second kappa shape index (κ2) is 7.28. The van der Waals surface area contributed by atoms with E-state index in [1.165, 1.54) is 6.42 Å². The summed E-state index contributed by atoms with van der Waals surface area (Å²) >= 11 is 0. The molecule has 1 aromatic heterocycles. The Morgan fingerprint density at radius 3 is 2.88 bits per heavy atom. The van der Waals surface area contributed by atoms with Crippen LogP contribution < -0.4 is 10.9 Å². The molecule has 0 aromatic carbocycles. The van der Waals surface area contributed by atoms with Gasteiger partial charge in [-0.05, 0) is 51.3 Å². The number of hydrogen-bond donors (Lipinski definition) is 1. The molecular weight excluding hydrogens is 212 g/mol. The first-order valence-corrected chi connectivity index (χ1v) is 6.54. The summed E-state index contributed by atoms with van der Waals surface area (Å²) in [4.78, 5) is 11.6. The van der Waals surface area contributed by atoms with Crippen LogP contribution in [0.5, 0.6) is 0 Å². The zero-order valence-electron chi connectivity index (χ0n) is 11.2. The van der Waals surface area contributed by atoms with Crippen LogP contribution in [0, 0.1) is 6.92 Å². The van der Waals surface area contributed by atoms with Gasteiger partial charge in [0, 0.05) is 24.8 Å². The van der Waals surface area contributed by atoms with E-state index in [4.69, 9.17) is 0 Å². The molecule has 1 N–H and O–H groups in total. The number of aromatic nitrogens is 1. The van der Waals surface area contributed by atoms with Crippen molar-refractivity contribution >= 4 is 0 Å². The van der Waals surface area contributed by atoms with Crippen molar-refractivity contribution in [3.63, 3.8) is 0 Å². The Bertz CT molecular complexity index is 384. The Balaban J connectivity index is 2.33. The van der Waals surface area contributed by atoms with E-state index in [0.717, 1.165) is 31.5 Å².